The molecular formula is C28H36F2N6O. The second-order valence-electron chi connectivity index (χ2n) is 10.6. The first kappa shape index (κ1) is 26.7. The van der Waals surface area contributed by atoms with Gasteiger partial charge in [0, 0.05) is 19.6 Å². The lowest BCUT2D eigenvalue weighted by Gasteiger charge is -2.41. The van der Waals surface area contributed by atoms with Crippen LogP contribution < -0.4 is 5.73 Å². The lowest BCUT2D eigenvalue weighted by molar-refractivity contribution is 0.0871. The zero-order valence-corrected chi connectivity index (χ0v) is 21.8. The molecule has 0 bridgehead atoms. The molecule has 1 fully saturated rings. The van der Waals surface area contributed by atoms with Gasteiger partial charge in [0.2, 0.25) is 0 Å². The Bertz CT molecular complexity index is 1200. The zero-order chi connectivity index (χ0) is 26.6. The predicted molar refractivity (Wildman–Crippen MR) is 140 cm³/mol. The van der Waals surface area contributed by atoms with Crippen LogP contribution in [0.25, 0.3) is 11.4 Å². The summed E-state index contributed by atoms with van der Waals surface area (Å²) < 4.78 is 30.6. The Morgan fingerprint density at radius 1 is 1.11 bits per heavy atom. The third-order valence-electron chi connectivity index (χ3n) is 6.65. The van der Waals surface area contributed by atoms with E-state index in [4.69, 9.17) is 10.7 Å². The molecule has 2 aromatic carbocycles. The summed E-state index contributed by atoms with van der Waals surface area (Å²) >= 11 is 0. The number of nitrogens with two attached hydrogens (primary N) is 1. The SMILES string of the molecule is CC(C)(C)[C@H](c1nc(-c2cc(F)ccc2F)nn1Cc1ccccc1)N(CCCN)C(=O)N1CCCC1. The molecule has 0 aliphatic carbocycles. The summed E-state index contributed by atoms with van der Waals surface area (Å²) in [4.78, 5) is 22.3. The predicted octanol–water partition coefficient (Wildman–Crippen LogP) is 5.23. The summed E-state index contributed by atoms with van der Waals surface area (Å²) in [5, 5.41) is 4.65. The summed E-state index contributed by atoms with van der Waals surface area (Å²) in [6.45, 7) is 8.84. The second-order valence-corrected chi connectivity index (χ2v) is 10.6. The summed E-state index contributed by atoms with van der Waals surface area (Å²) in [6, 6.07) is 12.5. The highest BCUT2D eigenvalue weighted by Gasteiger charge is 2.40. The minimum atomic E-state index is -0.606. The Labute approximate surface area is 217 Å². The Kier molecular flexibility index (Phi) is 8.22. The first-order valence-corrected chi connectivity index (χ1v) is 12.9. The van der Waals surface area contributed by atoms with Crippen molar-refractivity contribution in [3.63, 3.8) is 0 Å². The number of rotatable bonds is 8. The van der Waals surface area contributed by atoms with Gasteiger partial charge in [-0.2, -0.15) is 5.10 Å². The molecule has 0 saturated carbocycles. The van der Waals surface area contributed by atoms with E-state index in [1.165, 1.54) is 0 Å². The third-order valence-corrected chi connectivity index (χ3v) is 6.65. The molecule has 1 aliphatic heterocycles. The highest BCUT2D eigenvalue weighted by Crippen LogP contribution is 2.39. The van der Waals surface area contributed by atoms with Gasteiger partial charge in [0.1, 0.15) is 11.6 Å². The van der Waals surface area contributed by atoms with Gasteiger partial charge in [-0.25, -0.2) is 23.2 Å². The fraction of sp³-hybridized carbons (Fsp3) is 0.464. The summed E-state index contributed by atoms with van der Waals surface area (Å²) in [6.07, 6.45) is 2.58. The first-order valence-electron chi connectivity index (χ1n) is 12.9. The Balaban J connectivity index is 1.86. The Hall–Kier alpha value is -3.33. The lowest BCUT2D eigenvalue weighted by atomic mass is 9.84. The molecular weight excluding hydrogens is 474 g/mol. The number of likely N-dealkylation sites (tertiary alicyclic amines) is 1. The van der Waals surface area contributed by atoms with Crippen LogP contribution in [0.15, 0.2) is 48.5 Å². The maximum Gasteiger partial charge on any atom is 0.320 e. The molecule has 0 spiro atoms. The molecule has 37 heavy (non-hydrogen) atoms. The van der Waals surface area contributed by atoms with Gasteiger partial charge in [0.15, 0.2) is 11.6 Å². The highest BCUT2D eigenvalue weighted by atomic mass is 19.1. The molecule has 2 amide bonds. The number of hydrogen-bond acceptors (Lipinski definition) is 4. The van der Waals surface area contributed by atoms with Gasteiger partial charge < -0.3 is 15.5 Å². The van der Waals surface area contributed by atoms with Gasteiger partial charge in [-0.05, 0) is 55.0 Å². The van der Waals surface area contributed by atoms with Gasteiger partial charge in [0.05, 0.1) is 18.2 Å². The fourth-order valence-electron chi connectivity index (χ4n) is 4.89. The number of nitrogens with zero attached hydrogens (tertiary/aromatic N) is 5. The maximum absolute atomic E-state index is 14.8. The lowest BCUT2D eigenvalue weighted by Crippen LogP contribution is -2.48. The van der Waals surface area contributed by atoms with E-state index in [1.807, 2.05) is 60.9 Å². The quantitative estimate of drug-likeness (QED) is 0.450. The van der Waals surface area contributed by atoms with E-state index in [1.54, 1.807) is 4.68 Å². The molecule has 4 rings (SSSR count). The van der Waals surface area contributed by atoms with Crippen molar-refractivity contribution in [1.29, 1.82) is 0 Å². The van der Waals surface area contributed by atoms with Gasteiger partial charge in [0.25, 0.3) is 0 Å². The highest BCUT2D eigenvalue weighted by molar-refractivity contribution is 5.75. The molecule has 1 atom stereocenters. The van der Waals surface area contributed by atoms with Crippen molar-refractivity contribution in [3.05, 3.63) is 71.6 Å². The number of aromatic nitrogens is 3. The third kappa shape index (κ3) is 6.15. The Morgan fingerprint density at radius 2 is 1.81 bits per heavy atom. The standard InChI is InChI=1S/C28H36F2N6O/c1-28(2,3)24(35(17-9-14-31)27(37)34-15-7-8-16-34)26-32-25(22-18-21(29)12-13-23(22)30)33-36(26)19-20-10-5-4-6-11-20/h4-6,10-13,18,24H,7-9,14-17,19,31H2,1-3H3/t24-/m0/s1. The number of hydrogen-bond donors (Lipinski definition) is 1. The first-order chi connectivity index (χ1) is 17.7. The van der Waals surface area contributed by atoms with Gasteiger partial charge in [-0.3, -0.25) is 0 Å². The molecule has 1 saturated heterocycles. The van der Waals surface area contributed by atoms with Crippen LogP contribution in [0.3, 0.4) is 0 Å². The van der Waals surface area contributed by atoms with Crippen LogP contribution in [-0.4, -0.2) is 56.8 Å². The molecule has 1 aromatic heterocycles. The molecule has 2 N–H and O–H groups in total. The average Bonchev–Trinajstić information content (AvgIpc) is 3.53. The molecule has 1 aliphatic rings. The smallest absolute Gasteiger partial charge is 0.320 e. The van der Waals surface area contributed by atoms with E-state index < -0.39 is 23.1 Å². The molecule has 198 valence electrons. The van der Waals surface area contributed by atoms with Crippen LogP contribution in [0.2, 0.25) is 0 Å². The average molecular weight is 511 g/mol. The van der Waals surface area contributed by atoms with Crippen LogP contribution in [0.1, 0.15) is 57.5 Å². The van der Waals surface area contributed by atoms with Crippen molar-refractivity contribution in [2.24, 2.45) is 11.1 Å². The minimum absolute atomic E-state index is 0.0138. The van der Waals surface area contributed by atoms with Crippen molar-refractivity contribution in [1.82, 2.24) is 24.6 Å². The number of carbonyl (C=O) groups is 1. The van der Waals surface area contributed by atoms with Crippen molar-refractivity contribution in [2.75, 3.05) is 26.2 Å². The summed E-state index contributed by atoms with van der Waals surface area (Å²) in [5.74, 6) is -0.562. The topological polar surface area (TPSA) is 80.3 Å². The summed E-state index contributed by atoms with van der Waals surface area (Å²) in [7, 11) is 0. The molecule has 2 heterocycles. The number of carbonyl (C=O) groups excluding carboxylic acids is 1. The molecule has 0 radical (unpaired) electrons. The minimum Gasteiger partial charge on any atom is -0.330 e. The monoisotopic (exact) mass is 510 g/mol. The maximum atomic E-state index is 14.8. The summed E-state index contributed by atoms with van der Waals surface area (Å²) in [5.41, 5.74) is 6.38. The Morgan fingerprint density at radius 3 is 2.46 bits per heavy atom. The van der Waals surface area contributed by atoms with Crippen molar-refractivity contribution >= 4 is 6.03 Å². The number of amides is 2. The van der Waals surface area contributed by atoms with E-state index in [2.05, 4.69) is 5.10 Å². The fourth-order valence-corrected chi connectivity index (χ4v) is 4.89. The van der Waals surface area contributed by atoms with Crippen molar-refractivity contribution < 1.29 is 13.6 Å². The van der Waals surface area contributed by atoms with Crippen LogP contribution >= 0.6 is 0 Å². The van der Waals surface area contributed by atoms with Crippen molar-refractivity contribution in [3.8, 4) is 11.4 Å². The zero-order valence-electron chi connectivity index (χ0n) is 21.8. The van der Waals surface area contributed by atoms with Crippen molar-refractivity contribution in [2.45, 2.75) is 52.6 Å². The van der Waals surface area contributed by atoms with Crippen LogP contribution in [0, 0.1) is 17.0 Å². The van der Waals surface area contributed by atoms with Gasteiger partial charge in [-0.1, -0.05) is 51.1 Å². The van der Waals surface area contributed by atoms with Gasteiger partial charge in [-0.15, -0.1) is 0 Å². The van der Waals surface area contributed by atoms with Crippen LogP contribution in [0.5, 0.6) is 0 Å². The van der Waals surface area contributed by atoms with E-state index in [-0.39, 0.29) is 17.4 Å². The van der Waals surface area contributed by atoms with Gasteiger partial charge >= 0.3 is 6.03 Å². The van der Waals surface area contributed by atoms with E-state index in [0.717, 1.165) is 36.6 Å². The van der Waals surface area contributed by atoms with Crippen LogP contribution in [-0.2, 0) is 6.54 Å². The molecule has 9 heteroatoms. The van der Waals surface area contributed by atoms with Crippen LogP contribution in [0.4, 0.5) is 13.6 Å². The molecule has 7 nitrogen and oxygen atoms in total. The molecule has 3 aromatic rings. The normalized spacial score (nSPS) is 14.7. The number of benzene rings is 2. The van der Waals surface area contributed by atoms with E-state index in [0.29, 0.717) is 45.0 Å². The molecule has 0 unspecified atom stereocenters. The van der Waals surface area contributed by atoms with E-state index >= 15 is 0 Å². The second kappa shape index (κ2) is 11.4. The number of halogens is 2. The largest absolute Gasteiger partial charge is 0.330 e. The van der Waals surface area contributed by atoms with E-state index in [9.17, 15) is 13.6 Å². The number of urea groups is 1.